The van der Waals surface area contributed by atoms with Crippen LogP contribution in [0.1, 0.15) is 0 Å². The van der Waals surface area contributed by atoms with Crippen LogP contribution in [0.3, 0.4) is 0 Å². The number of aromatic nitrogens is 8. The van der Waals surface area contributed by atoms with E-state index in [1.165, 1.54) is 0 Å². The van der Waals surface area contributed by atoms with Crippen molar-refractivity contribution in [3.05, 3.63) is 97.1 Å². The summed E-state index contributed by atoms with van der Waals surface area (Å²) in [5.74, 6) is 2.39. The molecular formula is C32H18DyN8+3. The van der Waals surface area contributed by atoms with Crippen LogP contribution >= 0.6 is 0 Å². The second-order valence-corrected chi connectivity index (χ2v) is 9.79. The van der Waals surface area contributed by atoms with Crippen LogP contribution in [0.2, 0.25) is 0 Å². The minimum absolute atomic E-state index is 0. The normalized spacial score (nSPS) is 11.7. The molecule has 8 bridgehead atoms. The summed E-state index contributed by atoms with van der Waals surface area (Å²) < 4.78 is 0. The van der Waals surface area contributed by atoms with E-state index in [2.05, 4.69) is 9.97 Å². The van der Waals surface area contributed by atoms with E-state index in [9.17, 15) is 0 Å². The molecule has 9 rings (SSSR count). The molecule has 0 saturated heterocycles. The molecule has 0 spiro atoms. The van der Waals surface area contributed by atoms with E-state index < -0.39 is 0 Å². The minimum atomic E-state index is 0. The molecular weight excluding hydrogens is 659 g/mol. The fraction of sp³-hybridized carbons (Fsp3) is 0. The molecule has 2 aliphatic rings. The van der Waals surface area contributed by atoms with Gasteiger partial charge in [0, 0.05) is 43.8 Å². The van der Waals surface area contributed by atoms with E-state index in [0.717, 1.165) is 43.8 Å². The van der Waals surface area contributed by atoms with Gasteiger partial charge in [0.2, 0.25) is 0 Å². The van der Waals surface area contributed by atoms with Gasteiger partial charge < -0.3 is 9.97 Å². The third-order valence-electron chi connectivity index (χ3n) is 7.46. The average Bonchev–Trinajstić information content (AvgIpc) is 3.73. The second kappa shape index (κ2) is 9.28. The van der Waals surface area contributed by atoms with Gasteiger partial charge in [-0.25, -0.2) is 29.9 Å². The second-order valence-electron chi connectivity index (χ2n) is 9.79. The molecule has 0 atom stereocenters. The van der Waals surface area contributed by atoms with Crippen LogP contribution in [-0.4, -0.2) is 39.9 Å². The van der Waals surface area contributed by atoms with E-state index in [4.69, 9.17) is 29.9 Å². The van der Waals surface area contributed by atoms with Crippen LogP contribution in [0.15, 0.2) is 97.1 Å². The van der Waals surface area contributed by atoms with Gasteiger partial charge in [0.05, 0.1) is 0 Å². The molecule has 2 aliphatic heterocycles. The summed E-state index contributed by atoms with van der Waals surface area (Å²) in [7, 11) is 0. The van der Waals surface area contributed by atoms with Gasteiger partial charge in [-0.05, 0) is 0 Å². The van der Waals surface area contributed by atoms with Crippen molar-refractivity contribution in [3.63, 3.8) is 0 Å². The number of hydrogen-bond acceptors (Lipinski definition) is 6. The van der Waals surface area contributed by atoms with Crippen molar-refractivity contribution in [2.24, 2.45) is 0 Å². The first-order chi connectivity index (χ1) is 19.8. The molecule has 1 radical (unpaired) electrons. The van der Waals surface area contributed by atoms with Crippen LogP contribution in [0, 0.1) is 38.2 Å². The molecule has 193 valence electrons. The van der Waals surface area contributed by atoms with Crippen molar-refractivity contribution in [2.45, 2.75) is 0 Å². The van der Waals surface area contributed by atoms with Crippen LogP contribution < -0.4 is 0 Å². The first-order valence-electron chi connectivity index (χ1n) is 13.0. The quantitative estimate of drug-likeness (QED) is 0.182. The number of hydrogen-bond donors (Lipinski definition) is 2. The Balaban J connectivity index is 0.00000256. The van der Waals surface area contributed by atoms with Crippen molar-refractivity contribution >= 4 is 44.1 Å². The number of rotatable bonds is 0. The average molecular weight is 677 g/mol. The molecule has 0 amide bonds. The molecule has 41 heavy (non-hydrogen) atoms. The van der Waals surface area contributed by atoms with Crippen molar-refractivity contribution in [2.75, 3.05) is 0 Å². The van der Waals surface area contributed by atoms with Gasteiger partial charge in [-0.2, -0.15) is 0 Å². The van der Waals surface area contributed by atoms with Crippen LogP contribution in [0.4, 0.5) is 0 Å². The molecule has 7 aromatic rings. The van der Waals surface area contributed by atoms with Crippen LogP contribution in [0.25, 0.3) is 89.7 Å². The maximum absolute atomic E-state index is 5.02. The molecule has 9 heteroatoms. The molecule has 8 nitrogen and oxygen atoms in total. The van der Waals surface area contributed by atoms with Crippen molar-refractivity contribution in [3.8, 4) is 45.6 Å². The first kappa shape index (κ1) is 24.3. The number of aromatic amines is 2. The maximum atomic E-state index is 5.02. The molecule has 3 aromatic heterocycles. The van der Waals surface area contributed by atoms with E-state index in [-0.39, 0.29) is 38.2 Å². The smallest absolute Gasteiger partial charge is 0.324 e. The van der Waals surface area contributed by atoms with Gasteiger partial charge in [-0.3, -0.25) is 0 Å². The molecule has 0 saturated carbocycles. The summed E-state index contributed by atoms with van der Waals surface area (Å²) in [5.41, 5.74) is 6.45. The maximum Gasteiger partial charge on any atom is 3.00 e. The summed E-state index contributed by atoms with van der Waals surface area (Å²) in [6, 6.07) is 32.2. The number of fused-ring (bicyclic) bond motifs is 20. The van der Waals surface area contributed by atoms with Gasteiger partial charge in [0.15, 0.2) is 23.3 Å². The van der Waals surface area contributed by atoms with E-state index in [1.54, 1.807) is 0 Å². The standard InChI is InChI=1S/C32H18N8.Dy/c1-2-10-18-17(9-1)25-33-26(18)38-28-21-13-5-6-14-22(21)30(35-28)40-32-24-16-8-7-15-23(24)31(36-32)39-29-20-12-4-3-11-19(20)27(34-29)37-25;/h1-16H,(H2,33,34,35,36,37,38,39,40);/q;+3. The number of nitrogens with zero attached hydrogens (tertiary/aromatic N) is 6. The molecule has 2 N–H and O–H groups in total. The summed E-state index contributed by atoms with van der Waals surface area (Å²) in [5, 5.41) is 3.82. The molecule has 5 heterocycles. The Morgan fingerprint density at radius 3 is 0.829 bits per heavy atom. The Bertz CT molecular complexity index is 2030. The molecule has 0 fully saturated rings. The predicted molar refractivity (Wildman–Crippen MR) is 156 cm³/mol. The van der Waals surface area contributed by atoms with E-state index in [1.807, 2.05) is 97.1 Å². The Morgan fingerprint density at radius 2 is 0.561 bits per heavy atom. The monoisotopic (exact) mass is 678 g/mol. The number of H-pyrrole nitrogens is 2. The third kappa shape index (κ3) is 3.72. The van der Waals surface area contributed by atoms with Crippen molar-refractivity contribution in [1.29, 1.82) is 0 Å². The van der Waals surface area contributed by atoms with Crippen molar-refractivity contribution < 1.29 is 38.2 Å². The zero-order valence-corrected chi connectivity index (χ0v) is 23.3. The number of benzene rings is 4. The summed E-state index contributed by atoms with van der Waals surface area (Å²) in [4.78, 5) is 36.8. The number of nitrogens with one attached hydrogen (secondary N) is 2. The summed E-state index contributed by atoms with van der Waals surface area (Å²) in [6.07, 6.45) is 0. The van der Waals surface area contributed by atoms with Gasteiger partial charge in [0.1, 0.15) is 22.6 Å². The zero-order valence-electron chi connectivity index (χ0n) is 21.2. The van der Waals surface area contributed by atoms with Crippen molar-refractivity contribution in [1.82, 2.24) is 39.9 Å². The van der Waals surface area contributed by atoms with Crippen LogP contribution in [-0.2, 0) is 0 Å². The predicted octanol–water partition coefficient (Wildman–Crippen LogP) is 6.87. The van der Waals surface area contributed by atoms with Gasteiger partial charge in [-0.15, -0.1) is 0 Å². The Labute approximate surface area is 263 Å². The minimum Gasteiger partial charge on any atom is -0.324 e. The fourth-order valence-electron chi connectivity index (χ4n) is 5.59. The van der Waals surface area contributed by atoms with Gasteiger partial charge in [-0.1, -0.05) is 97.1 Å². The van der Waals surface area contributed by atoms with E-state index in [0.29, 0.717) is 45.9 Å². The molecule has 4 aromatic carbocycles. The fourth-order valence-corrected chi connectivity index (χ4v) is 5.59. The Kier molecular flexibility index (Phi) is 5.51. The van der Waals surface area contributed by atoms with Crippen LogP contribution in [0.5, 0.6) is 0 Å². The Hall–Kier alpha value is -4.49. The van der Waals surface area contributed by atoms with Gasteiger partial charge in [0.25, 0.3) is 0 Å². The van der Waals surface area contributed by atoms with Gasteiger partial charge >= 0.3 is 38.2 Å². The topological polar surface area (TPSA) is 109 Å². The Morgan fingerprint density at radius 1 is 0.317 bits per heavy atom. The summed E-state index contributed by atoms with van der Waals surface area (Å²) >= 11 is 0. The molecule has 0 unspecified atom stereocenters. The molecule has 0 aliphatic carbocycles. The SMILES string of the molecule is [Dy+3].c1ccc2c(c1)-c1nc-2nc2[nH]c(nc3nc(nc4[nH]c(n1)c1ccccc41)-c1ccccc1-3)c1ccccc21. The summed E-state index contributed by atoms with van der Waals surface area (Å²) in [6.45, 7) is 0. The zero-order chi connectivity index (χ0) is 26.2. The first-order valence-corrected chi connectivity index (χ1v) is 13.0. The largest absolute Gasteiger partial charge is 3.00 e. The van der Waals surface area contributed by atoms with E-state index >= 15 is 0 Å². The third-order valence-corrected chi connectivity index (χ3v) is 7.46.